The molecule has 0 bridgehead atoms. The number of ketones is 2. The third kappa shape index (κ3) is 24.7. The molecule has 0 aliphatic heterocycles. The summed E-state index contributed by atoms with van der Waals surface area (Å²) < 4.78 is 40.2. The van der Waals surface area contributed by atoms with Gasteiger partial charge in [-0.25, -0.2) is 24.0 Å². The molecule has 122 heavy (non-hydrogen) atoms. The van der Waals surface area contributed by atoms with Crippen LogP contribution in [0.25, 0.3) is 55.4 Å². The summed E-state index contributed by atoms with van der Waals surface area (Å²) in [7, 11) is 0. The Morgan fingerprint density at radius 2 is 0.959 bits per heavy atom. The molecule has 3 heterocycles. The molecule has 14 rings (SSSR count). The summed E-state index contributed by atoms with van der Waals surface area (Å²) >= 11 is 7.43. The van der Waals surface area contributed by atoms with Crippen molar-refractivity contribution >= 4 is 97.4 Å². The number of benzene rings is 7. The molecule has 23 nitrogen and oxygen atoms in total. The maximum absolute atomic E-state index is 13.2. The molecule has 4 unspecified atom stereocenters. The molecule has 0 fully saturated rings. The number of halogens is 1. The number of Topliss-reactive ketones (excluding diaryl/α,β-unsaturated/α-hetero) is 2. The number of carboxylic acid groups (broad SMARTS) is 4. The zero-order valence-corrected chi connectivity index (χ0v) is 69.8. The molecule has 0 spiro atoms. The standard InChI is InChI=1S/C26H26O5S.C25H25ClO5.C25H24O5.C21H23NO7/c1-32-26-23(18-10-6-3-7-11-18)24(27)20-14-13-19(16-22(20)31-26)30-21(25(28)29)15-12-17-8-4-2-5-9-17;26-19-12-13-20(22(28)16-21(27)18-9-5-2-6-10-18)24(15-19)31-23(25(29)30)14-11-17-7-3-1-4-8-17;26-20-16-23(18-10-5-2-6-11-18)30-24-19(20)12-7-13-21(24)29-22(25(27)28)15-14-17-8-3-1-4-9-17;1-12-13(2)21(25)29-19-15(12)9-11-16(18(19)22(26)27)28-17(20(23)24)10-8-14-6-4-3-5-7-14/h3,6-8,10-11,13-14,16,21H,2,4-5,9,12,15H2,1H3,(H,28,29);2,5-7,9-10,12-13,15,23H,1,3-4,8,11,14,16H2,(H,29,30);2,5-8,10-13,16,22H,1,3-4,9,14-15H2,(H,27,28);6,9,11,17H,3-5,7-8,10H2,1-2H3,(H,23,24). The maximum Gasteiger partial charge on any atom is 0.353 e. The first-order chi connectivity index (χ1) is 58.9. The number of carbonyl (C=O) groups is 6. The number of hydrogen-bond donors (Lipinski definition) is 4. The number of fused-ring (bicyclic) bond motifs is 3. The Labute approximate surface area is 713 Å². The lowest BCUT2D eigenvalue weighted by molar-refractivity contribution is -0.384. The van der Waals surface area contributed by atoms with Gasteiger partial charge in [0.1, 0.15) is 22.8 Å². The van der Waals surface area contributed by atoms with Crippen LogP contribution in [0.15, 0.2) is 243 Å². The molecule has 7 aromatic carbocycles. The Morgan fingerprint density at radius 3 is 1.45 bits per heavy atom. The van der Waals surface area contributed by atoms with Gasteiger partial charge in [-0.3, -0.25) is 29.3 Å². The van der Waals surface area contributed by atoms with Crippen molar-refractivity contribution in [2.45, 2.75) is 204 Å². The van der Waals surface area contributed by atoms with Crippen molar-refractivity contribution in [3.63, 3.8) is 0 Å². The van der Waals surface area contributed by atoms with E-state index in [4.69, 9.17) is 43.8 Å². The highest BCUT2D eigenvalue weighted by molar-refractivity contribution is 7.98. The number of aryl methyl sites for hydroxylation is 1. The van der Waals surface area contributed by atoms with Crippen LogP contribution in [0.4, 0.5) is 5.69 Å². The van der Waals surface area contributed by atoms with Gasteiger partial charge in [0, 0.05) is 39.2 Å². The van der Waals surface area contributed by atoms with Crippen LogP contribution in [0, 0.1) is 24.0 Å². The van der Waals surface area contributed by atoms with Gasteiger partial charge in [0.25, 0.3) is 0 Å². The summed E-state index contributed by atoms with van der Waals surface area (Å²) in [5.41, 5.74) is 7.61. The first-order valence-corrected chi connectivity index (χ1v) is 42.8. The van der Waals surface area contributed by atoms with E-state index >= 15 is 0 Å². The van der Waals surface area contributed by atoms with Gasteiger partial charge >= 0.3 is 35.2 Å². The number of para-hydroxylation sites is 1. The lowest BCUT2D eigenvalue weighted by atomic mass is 9.95. The molecule has 4 aliphatic rings. The Balaban J connectivity index is 0.000000159. The number of hydrogen-bond acceptors (Lipinski definition) is 19. The van der Waals surface area contributed by atoms with E-state index in [2.05, 4.69) is 24.3 Å². The van der Waals surface area contributed by atoms with Crippen molar-refractivity contribution in [3.05, 3.63) is 279 Å². The number of aliphatic carboxylic acids is 4. The van der Waals surface area contributed by atoms with E-state index in [-0.39, 0.29) is 63.5 Å². The van der Waals surface area contributed by atoms with Gasteiger partial charge in [-0.15, -0.1) is 0 Å². The fourth-order valence-corrected chi connectivity index (χ4v) is 15.8. The SMILES string of the molecule is CSc1oc2cc(OC(CCC3=CCCCC3)C(=O)O)ccc2c(=O)c1-c1ccccc1.Cc1c(C)c2ccc(OC(CCC3=CCCCC3)C(=O)O)c([N+](=O)[O-])c2oc1=O.O=C(CC(=O)c1ccc(Cl)cc1OC(CCC1=CCCCC1)C(=O)O)c1ccccc1.O=C(O)C(CCC1=CCCCC1)Oc1cccc2c(=O)cc(-c3ccccc3)oc12. The number of thioether (sulfide) groups is 1. The molecular formula is C97H98ClNO22S. The van der Waals surface area contributed by atoms with Crippen LogP contribution in [-0.4, -0.2) is 91.5 Å². The minimum absolute atomic E-state index is 0.0865. The van der Waals surface area contributed by atoms with Crippen molar-refractivity contribution < 1.29 is 86.3 Å². The van der Waals surface area contributed by atoms with E-state index < -0.39 is 70.3 Å². The van der Waals surface area contributed by atoms with Crippen LogP contribution in [0.2, 0.25) is 5.02 Å². The number of allylic oxidation sites excluding steroid dienone is 8. The predicted molar refractivity (Wildman–Crippen MR) is 469 cm³/mol. The second-order valence-corrected chi connectivity index (χ2v) is 31.6. The average Bonchev–Trinajstić information content (AvgIpc) is 0.736. The normalized spacial score (nSPS) is 14.8. The first kappa shape index (κ1) is 90.4. The average molecular weight is 1700 g/mol. The second-order valence-electron chi connectivity index (χ2n) is 30.4. The molecule has 4 N–H and O–H groups in total. The number of nitro groups is 1. The van der Waals surface area contributed by atoms with E-state index in [1.165, 1.54) is 77.2 Å². The number of carboxylic acids is 4. The van der Waals surface area contributed by atoms with Crippen LogP contribution in [0.3, 0.4) is 0 Å². The molecule has 4 atom stereocenters. The fraction of sp³-hybridized carbons (Fsp3) is 0.330. The summed E-state index contributed by atoms with van der Waals surface area (Å²) in [5, 5.41) is 52.3. The topological polar surface area (TPSA) is 354 Å². The molecule has 0 saturated carbocycles. The molecule has 3 aromatic heterocycles. The number of carbonyl (C=O) groups excluding carboxylic acids is 2. The molecule has 4 aliphatic carbocycles. The number of ether oxygens (including phenoxy) is 4. The van der Waals surface area contributed by atoms with Gasteiger partial charge in [-0.05, 0) is 240 Å². The van der Waals surface area contributed by atoms with Gasteiger partial charge in [-0.1, -0.05) is 167 Å². The molecule has 0 saturated heterocycles. The molecule has 25 heteroatoms. The summed E-state index contributed by atoms with van der Waals surface area (Å²) in [6.45, 7) is 3.26. The molecule has 0 radical (unpaired) electrons. The highest BCUT2D eigenvalue weighted by atomic mass is 35.5. The number of nitrogens with zero attached hydrogens (tertiary/aromatic N) is 1. The molecule has 10 aromatic rings. The van der Waals surface area contributed by atoms with Crippen molar-refractivity contribution in [3.8, 4) is 45.4 Å². The summed E-state index contributed by atoms with van der Waals surface area (Å²) in [6.07, 6.45) is 27.2. The monoisotopic (exact) mass is 1700 g/mol. The second kappa shape index (κ2) is 44.2. The Bertz CT molecular complexity index is 5770. The fourth-order valence-electron chi connectivity index (χ4n) is 15.1. The largest absolute Gasteiger partial charge is 0.479 e. The van der Waals surface area contributed by atoms with Crippen molar-refractivity contribution in [2.75, 3.05) is 6.26 Å². The minimum Gasteiger partial charge on any atom is -0.479 e. The number of rotatable bonds is 32. The highest BCUT2D eigenvalue weighted by Crippen LogP contribution is 2.40. The molecule has 0 amide bonds. The lowest BCUT2D eigenvalue weighted by Gasteiger charge is -2.19. The summed E-state index contributed by atoms with van der Waals surface area (Å²) in [6, 6.07) is 46.0. The van der Waals surface area contributed by atoms with Crippen LogP contribution < -0.4 is 35.4 Å². The summed E-state index contributed by atoms with van der Waals surface area (Å²) in [5.74, 6) is -4.14. The Hall–Kier alpha value is -12.4. The molecular weight excluding hydrogens is 1600 g/mol. The van der Waals surface area contributed by atoms with Crippen molar-refractivity contribution in [1.82, 2.24) is 0 Å². The smallest absolute Gasteiger partial charge is 0.353 e. The predicted octanol–water partition coefficient (Wildman–Crippen LogP) is 22.2. The quantitative estimate of drug-likeness (QED) is 0.00578. The van der Waals surface area contributed by atoms with Gasteiger partial charge in [0.2, 0.25) is 16.8 Å². The summed E-state index contributed by atoms with van der Waals surface area (Å²) in [4.78, 5) is 121. The van der Waals surface area contributed by atoms with Crippen LogP contribution in [-0.2, 0) is 19.2 Å². The van der Waals surface area contributed by atoms with Crippen LogP contribution in [0.5, 0.6) is 23.0 Å². The van der Waals surface area contributed by atoms with E-state index in [1.807, 2.05) is 66.9 Å². The zero-order chi connectivity index (χ0) is 86.8. The lowest BCUT2D eigenvalue weighted by Crippen LogP contribution is -2.28. The van der Waals surface area contributed by atoms with Crippen LogP contribution >= 0.6 is 23.4 Å². The first-order valence-electron chi connectivity index (χ1n) is 41.2. The van der Waals surface area contributed by atoms with E-state index in [0.29, 0.717) is 104 Å². The van der Waals surface area contributed by atoms with Gasteiger partial charge < -0.3 is 52.6 Å². The Morgan fingerprint density at radius 1 is 0.475 bits per heavy atom. The van der Waals surface area contributed by atoms with Gasteiger partial charge in [-0.2, -0.15) is 0 Å². The van der Waals surface area contributed by atoms with Gasteiger partial charge in [0.15, 0.2) is 57.8 Å². The minimum atomic E-state index is -1.24. The van der Waals surface area contributed by atoms with Gasteiger partial charge in [0.05, 0.1) is 33.2 Å². The van der Waals surface area contributed by atoms with Crippen molar-refractivity contribution in [2.24, 2.45) is 0 Å². The highest BCUT2D eigenvalue weighted by Gasteiger charge is 2.32. The van der Waals surface area contributed by atoms with Crippen molar-refractivity contribution in [1.29, 1.82) is 0 Å². The zero-order valence-electron chi connectivity index (χ0n) is 68.3. The van der Waals surface area contributed by atoms with E-state index in [9.17, 15) is 73.7 Å². The number of nitro benzene ring substituents is 1. The maximum atomic E-state index is 13.2. The van der Waals surface area contributed by atoms with Crippen LogP contribution in [0.1, 0.15) is 192 Å². The van der Waals surface area contributed by atoms with E-state index in [1.54, 1.807) is 86.6 Å². The third-order valence-electron chi connectivity index (χ3n) is 21.9. The third-order valence-corrected chi connectivity index (χ3v) is 22.8. The Kier molecular flexibility index (Phi) is 32.8. The van der Waals surface area contributed by atoms with E-state index in [0.717, 1.165) is 107 Å². The molecule has 636 valence electrons.